The fourth-order valence-corrected chi connectivity index (χ4v) is 4.05. The lowest BCUT2D eigenvalue weighted by atomic mass is 9.94. The quantitative estimate of drug-likeness (QED) is 0.682. The first-order valence-corrected chi connectivity index (χ1v) is 9.38. The van der Waals surface area contributed by atoms with Gasteiger partial charge in [0.1, 0.15) is 0 Å². The van der Waals surface area contributed by atoms with Crippen LogP contribution in [0.15, 0.2) is 21.5 Å². The van der Waals surface area contributed by atoms with Crippen LogP contribution in [-0.2, 0) is 10.0 Å². The molecule has 9 heteroatoms. The van der Waals surface area contributed by atoms with Gasteiger partial charge < -0.3 is 10.6 Å². The van der Waals surface area contributed by atoms with E-state index >= 15 is 0 Å². The van der Waals surface area contributed by atoms with E-state index in [0.29, 0.717) is 28.1 Å². The number of sulfonamides is 1. The highest BCUT2D eigenvalue weighted by Gasteiger charge is 2.25. The Morgan fingerprint density at radius 1 is 1.43 bits per heavy atom. The lowest BCUT2D eigenvalue weighted by molar-refractivity contribution is 0.0914. The van der Waals surface area contributed by atoms with Gasteiger partial charge >= 0.3 is 0 Å². The van der Waals surface area contributed by atoms with Crippen LogP contribution in [0.4, 0.5) is 0 Å². The predicted molar refractivity (Wildman–Crippen MR) is 95.4 cm³/mol. The summed E-state index contributed by atoms with van der Waals surface area (Å²) in [6, 6.07) is 3.05. The SMILES string of the molecule is Cc1c(C(=O)NC2CNCCC2C)cc(Br)cc1S(N)(=O)=O.Cl. The van der Waals surface area contributed by atoms with Crippen molar-refractivity contribution in [2.24, 2.45) is 11.1 Å². The number of hydrogen-bond acceptors (Lipinski definition) is 4. The Labute approximate surface area is 151 Å². The summed E-state index contributed by atoms with van der Waals surface area (Å²) in [6.45, 7) is 5.33. The van der Waals surface area contributed by atoms with Crippen molar-refractivity contribution >= 4 is 44.3 Å². The number of primary sulfonamides is 1. The molecule has 1 saturated heterocycles. The molecule has 4 N–H and O–H groups in total. The second-order valence-corrected chi connectivity index (χ2v) is 8.12. The van der Waals surface area contributed by atoms with Crippen LogP contribution in [0.5, 0.6) is 0 Å². The van der Waals surface area contributed by atoms with Gasteiger partial charge in [0.15, 0.2) is 0 Å². The minimum atomic E-state index is -3.88. The van der Waals surface area contributed by atoms with Crippen LogP contribution in [0.25, 0.3) is 0 Å². The highest BCUT2D eigenvalue weighted by atomic mass is 79.9. The normalized spacial score (nSPS) is 21.4. The molecule has 0 bridgehead atoms. The van der Waals surface area contributed by atoms with Crippen LogP contribution in [0.3, 0.4) is 0 Å². The summed E-state index contributed by atoms with van der Waals surface area (Å²) in [5.41, 5.74) is 0.677. The average Bonchev–Trinajstić information content (AvgIpc) is 2.42. The first-order chi connectivity index (χ1) is 10.2. The maximum absolute atomic E-state index is 12.5. The second-order valence-electron chi connectivity index (χ2n) is 5.67. The van der Waals surface area contributed by atoms with Crippen molar-refractivity contribution in [2.45, 2.75) is 31.2 Å². The van der Waals surface area contributed by atoms with Gasteiger partial charge in [-0.25, -0.2) is 13.6 Å². The maximum Gasteiger partial charge on any atom is 0.251 e. The number of amides is 1. The molecule has 2 rings (SSSR count). The third kappa shape index (κ3) is 4.90. The van der Waals surface area contributed by atoms with Gasteiger partial charge in [-0.3, -0.25) is 4.79 Å². The summed E-state index contributed by atoms with van der Waals surface area (Å²) >= 11 is 3.23. The van der Waals surface area contributed by atoms with E-state index in [2.05, 4.69) is 33.5 Å². The summed E-state index contributed by atoms with van der Waals surface area (Å²) in [6.07, 6.45) is 0.991. The number of carbonyl (C=O) groups excluding carboxylic acids is 1. The van der Waals surface area contributed by atoms with Gasteiger partial charge in [-0.05, 0) is 43.5 Å². The summed E-state index contributed by atoms with van der Waals surface area (Å²) in [5, 5.41) is 11.4. The van der Waals surface area contributed by atoms with Gasteiger partial charge in [0.25, 0.3) is 5.91 Å². The molecule has 1 heterocycles. The standard InChI is InChI=1S/C14H20BrN3O3S.ClH/c1-8-3-4-17-7-12(8)18-14(19)11-5-10(15)6-13(9(11)2)22(16,20)21;/h5-6,8,12,17H,3-4,7H2,1-2H3,(H,18,19)(H2,16,20,21);1H. The zero-order chi connectivity index (χ0) is 16.5. The number of nitrogens with two attached hydrogens (primary N) is 1. The minimum absolute atomic E-state index is 0. The number of halogens is 2. The van der Waals surface area contributed by atoms with E-state index in [1.54, 1.807) is 13.0 Å². The first kappa shape index (κ1) is 20.4. The highest BCUT2D eigenvalue weighted by molar-refractivity contribution is 9.10. The Morgan fingerprint density at radius 3 is 2.65 bits per heavy atom. The highest BCUT2D eigenvalue weighted by Crippen LogP contribution is 2.24. The van der Waals surface area contributed by atoms with Gasteiger partial charge in [0.05, 0.1) is 4.90 Å². The lowest BCUT2D eigenvalue weighted by Crippen LogP contribution is -2.50. The van der Waals surface area contributed by atoms with Crippen molar-refractivity contribution in [3.05, 3.63) is 27.7 Å². The van der Waals surface area contributed by atoms with E-state index in [1.807, 2.05) is 0 Å². The van der Waals surface area contributed by atoms with Gasteiger partial charge in [0, 0.05) is 22.6 Å². The fraction of sp³-hybridized carbons (Fsp3) is 0.500. The molecule has 1 aliphatic heterocycles. The van der Waals surface area contributed by atoms with Gasteiger partial charge in [-0.2, -0.15) is 0 Å². The van der Waals surface area contributed by atoms with Crippen molar-refractivity contribution < 1.29 is 13.2 Å². The Balaban J connectivity index is 0.00000264. The Bertz CT molecular complexity index is 697. The maximum atomic E-state index is 12.5. The fourth-order valence-electron chi connectivity index (χ4n) is 2.61. The molecule has 1 amide bonds. The van der Waals surface area contributed by atoms with Crippen LogP contribution in [0, 0.1) is 12.8 Å². The summed E-state index contributed by atoms with van der Waals surface area (Å²) in [5.74, 6) is 0.0830. The third-order valence-electron chi connectivity index (χ3n) is 4.02. The molecule has 0 aliphatic carbocycles. The molecule has 0 aromatic heterocycles. The monoisotopic (exact) mass is 425 g/mol. The minimum Gasteiger partial charge on any atom is -0.348 e. The molecule has 0 spiro atoms. The van der Waals surface area contributed by atoms with E-state index < -0.39 is 10.0 Å². The molecule has 6 nitrogen and oxygen atoms in total. The number of carbonyl (C=O) groups is 1. The van der Waals surface area contributed by atoms with Crippen molar-refractivity contribution in [1.82, 2.24) is 10.6 Å². The number of piperidine rings is 1. The van der Waals surface area contributed by atoms with Crippen LogP contribution >= 0.6 is 28.3 Å². The molecule has 0 radical (unpaired) electrons. The van der Waals surface area contributed by atoms with E-state index in [-0.39, 0.29) is 29.3 Å². The molecule has 1 aliphatic rings. The summed E-state index contributed by atoms with van der Waals surface area (Å²) in [4.78, 5) is 12.5. The molecule has 0 saturated carbocycles. The molecule has 2 unspecified atom stereocenters. The number of hydrogen-bond donors (Lipinski definition) is 3. The third-order valence-corrected chi connectivity index (χ3v) is 5.51. The van der Waals surface area contributed by atoms with E-state index in [4.69, 9.17) is 5.14 Å². The number of rotatable bonds is 3. The summed E-state index contributed by atoms with van der Waals surface area (Å²) < 4.78 is 23.8. The van der Waals surface area contributed by atoms with E-state index in [1.165, 1.54) is 6.07 Å². The zero-order valence-corrected chi connectivity index (χ0v) is 16.1. The van der Waals surface area contributed by atoms with Gasteiger partial charge in [0.2, 0.25) is 10.0 Å². The Morgan fingerprint density at radius 2 is 2.09 bits per heavy atom. The van der Waals surface area contributed by atoms with Crippen molar-refractivity contribution in [1.29, 1.82) is 0 Å². The first-order valence-electron chi connectivity index (χ1n) is 7.04. The van der Waals surface area contributed by atoms with E-state index in [0.717, 1.165) is 13.0 Å². The molecule has 1 aromatic rings. The van der Waals surface area contributed by atoms with Crippen LogP contribution in [-0.4, -0.2) is 33.5 Å². The smallest absolute Gasteiger partial charge is 0.251 e. The molecule has 1 fully saturated rings. The predicted octanol–water partition coefficient (Wildman–Crippen LogP) is 1.55. The molecular formula is C14H21BrClN3O3S. The molecule has 23 heavy (non-hydrogen) atoms. The number of benzene rings is 1. The molecule has 1 aromatic carbocycles. The van der Waals surface area contributed by atoms with Crippen LogP contribution < -0.4 is 15.8 Å². The average molecular weight is 427 g/mol. The van der Waals surface area contributed by atoms with Gasteiger partial charge in [-0.15, -0.1) is 12.4 Å². The number of nitrogens with one attached hydrogen (secondary N) is 2. The van der Waals surface area contributed by atoms with Crippen LogP contribution in [0.1, 0.15) is 29.3 Å². The zero-order valence-electron chi connectivity index (χ0n) is 12.9. The van der Waals surface area contributed by atoms with Gasteiger partial charge in [-0.1, -0.05) is 22.9 Å². The Kier molecular flexibility index (Phi) is 7.03. The Hall–Kier alpha value is -0.670. The van der Waals surface area contributed by atoms with Crippen molar-refractivity contribution in [2.75, 3.05) is 13.1 Å². The topological polar surface area (TPSA) is 101 Å². The second kappa shape index (κ2) is 7.94. The molecule has 2 atom stereocenters. The van der Waals surface area contributed by atoms with Crippen molar-refractivity contribution in [3.8, 4) is 0 Å². The molecular weight excluding hydrogens is 406 g/mol. The van der Waals surface area contributed by atoms with Crippen molar-refractivity contribution in [3.63, 3.8) is 0 Å². The lowest BCUT2D eigenvalue weighted by Gasteiger charge is -2.30. The summed E-state index contributed by atoms with van der Waals surface area (Å²) in [7, 11) is -3.88. The van der Waals surface area contributed by atoms with Crippen LogP contribution in [0.2, 0.25) is 0 Å². The van der Waals surface area contributed by atoms with E-state index in [9.17, 15) is 13.2 Å². The largest absolute Gasteiger partial charge is 0.348 e. The molecule has 130 valence electrons.